The lowest BCUT2D eigenvalue weighted by atomic mass is 10.0. The molecule has 1 atom stereocenters. The normalized spacial score (nSPS) is 17.5. The summed E-state index contributed by atoms with van der Waals surface area (Å²) in [4.78, 5) is 25.7. The summed E-state index contributed by atoms with van der Waals surface area (Å²) < 4.78 is 11.3. The van der Waals surface area contributed by atoms with E-state index in [9.17, 15) is 9.59 Å². The van der Waals surface area contributed by atoms with Crippen LogP contribution in [-0.4, -0.2) is 47.7 Å². The van der Waals surface area contributed by atoms with E-state index in [2.05, 4.69) is 0 Å². The Morgan fingerprint density at radius 1 is 1.24 bits per heavy atom. The van der Waals surface area contributed by atoms with Gasteiger partial charge in [-0.15, -0.1) is 0 Å². The first-order valence-electron chi connectivity index (χ1n) is 8.25. The molecule has 1 aromatic heterocycles. The van der Waals surface area contributed by atoms with Gasteiger partial charge in [0.15, 0.2) is 0 Å². The van der Waals surface area contributed by atoms with Gasteiger partial charge in [0, 0.05) is 24.2 Å². The fraction of sp³-hybridized carbons (Fsp3) is 0.368. The van der Waals surface area contributed by atoms with E-state index in [1.807, 2.05) is 44.2 Å². The molecule has 1 amide bonds. The number of hydrogen-bond acceptors (Lipinski definition) is 4. The monoisotopic (exact) mass is 343 g/mol. The zero-order valence-electron chi connectivity index (χ0n) is 14.3. The standard InChI is InChI=1S/C19H21NO5/c1-12-13(2)25-18(14-6-4-3-5-7-14)17(12)19(23)20-8-9-24-15(11-20)10-16(21)22/h3-7,15H,8-11H2,1-2H3,(H,21,22). The van der Waals surface area contributed by atoms with E-state index in [-0.39, 0.29) is 18.9 Å². The van der Waals surface area contributed by atoms with Crippen LogP contribution in [0.5, 0.6) is 0 Å². The Kier molecular flexibility index (Phi) is 4.90. The van der Waals surface area contributed by atoms with Crippen molar-refractivity contribution in [1.29, 1.82) is 0 Å². The first-order valence-corrected chi connectivity index (χ1v) is 8.25. The van der Waals surface area contributed by atoms with E-state index in [4.69, 9.17) is 14.3 Å². The number of nitrogens with zero attached hydrogens (tertiary/aromatic N) is 1. The topological polar surface area (TPSA) is 80.0 Å². The molecule has 3 rings (SSSR count). The highest BCUT2D eigenvalue weighted by atomic mass is 16.5. The molecule has 1 aromatic carbocycles. The quantitative estimate of drug-likeness (QED) is 0.923. The van der Waals surface area contributed by atoms with Gasteiger partial charge in [-0.1, -0.05) is 30.3 Å². The van der Waals surface area contributed by atoms with Crippen LogP contribution in [0.15, 0.2) is 34.7 Å². The number of morpholine rings is 1. The Bertz CT molecular complexity index is 781. The first-order chi connectivity index (χ1) is 12.0. The zero-order valence-corrected chi connectivity index (χ0v) is 14.3. The van der Waals surface area contributed by atoms with E-state index in [1.165, 1.54) is 0 Å². The molecule has 0 spiro atoms. The number of carboxylic acid groups (broad SMARTS) is 1. The number of carboxylic acids is 1. The maximum Gasteiger partial charge on any atom is 0.306 e. The van der Waals surface area contributed by atoms with Crippen molar-refractivity contribution in [2.75, 3.05) is 19.7 Å². The average Bonchev–Trinajstić information content (AvgIpc) is 2.90. The van der Waals surface area contributed by atoms with E-state index in [0.29, 0.717) is 30.2 Å². The van der Waals surface area contributed by atoms with Gasteiger partial charge < -0.3 is 19.2 Å². The van der Waals surface area contributed by atoms with E-state index >= 15 is 0 Å². The van der Waals surface area contributed by atoms with Gasteiger partial charge in [0.2, 0.25) is 0 Å². The first kappa shape index (κ1) is 17.2. The number of carbonyl (C=O) groups is 2. The number of aliphatic carboxylic acids is 1. The molecule has 0 radical (unpaired) electrons. The van der Waals surface area contributed by atoms with Crippen LogP contribution in [0.3, 0.4) is 0 Å². The number of furan rings is 1. The van der Waals surface area contributed by atoms with Crippen LogP contribution >= 0.6 is 0 Å². The number of carbonyl (C=O) groups excluding carboxylic acids is 1. The van der Waals surface area contributed by atoms with Gasteiger partial charge in [0.05, 0.1) is 24.7 Å². The molecule has 1 aliphatic rings. The molecule has 1 N–H and O–H groups in total. The summed E-state index contributed by atoms with van der Waals surface area (Å²) in [7, 11) is 0. The van der Waals surface area contributed by atoms with E-state index in [1.54, 1.807) is 4.90 Å². The lowest BCUT2D eigenvalue weighted by Gasteiger charge is -2.32. The third kappa shape index (κ3) is 3.58. The highest BCUT2D eigenvalue weighted by Crippen LogP contribution is 2.32. The largest absolute Gasteiger partial charge is 0.481 e. The average molecular weight is 343 g/mol. The highest BCUT2D eigenvalue weighted by molar-refractivity contribution is 6.01. The van der Waals surface area contributed by atoms with E-state index < -0.39 is 12.1 Å². The van der Waals surface area contributed by atoms with Crippen molar-refractivity contribution < 1.29 is 23.8 Å². The Hall–Kier alpha value is -2.60. The number of rotatable bonds is 4. The Labute approximate surface area is 146 Å². The number of benzene rings is 1. The van der Waals surface area contributed by atoms with Crippen LogP contribution in [0.4, 0.5) is 0 Å². The molecule has 0 aliphatic carbocycles. The van der Waals surface area contributed by atoms with Crippen molar-refractivity contribution in [3.05, 3.63) is 47.2 Å². The summed E-state index contributed by atoms with van der Waals surface area (Å²) in [5, 5.41) is 8.95. The minimum absolute atomic E-state index is 0.112. The van der Waals surface area contributed by atoms with Crippen LogP contribution in [0, 0.1) is 13.8 Å². The van der Waals surface area contributed by atoms with Crippen molar-refractivity contribution in [2.45, 2.75) is 26.4 Å². The molecule has 1 fully saturated rings. The van der Waals surface area contributed by atoms with E-state index in [0.717, 1.165) is 11.1 Å². The van der Waals surface area contributed by atoms with Crippen LogP contribution in [0.25, 0.3) is 11.3 Å². The smallest absolute Gasteiger partial charge is 0.306 e. The highest BCUT2D eigenvalue weighted by Gasteiger charge is 2.31. The zero-order chi connectivity index (χ0) is 18.0. The fourth-order valence-corrected chi connectivity index (χ4v) is 3.06. The minimum atomic E-state index is -0.931. The second kappa shape index (κ2) is 7.11. The third-order valence-corrected chi connectivity index (χ3v) is 4.46. The lowest BCUT2D eigenvalue weighted by Crippen LogP contribution is -2.46. The van der Waals surface area contributed by atoms with Crippen molar-refractivity contribution in [3.63, 3.8) is 0 Å². The number of hydrogen-bond donors (Lipinski definition) is 1. The SMILES string of the molecule is Cc1oc(-c2ccccc2)c(C(=O)N2CCOC(CC(=O)O)C2)c1C. The third-order valence-electron chi connectivity index (χ3n) is 4.46. The van der Waals surface area contributed by atoms with Gasteiger partial charge in [0.25, 0.3) is 5.91 Å². The molecule has 2 heterocycles. The molecule has 6 nitrogen and oxygen atoms in total. The van der Waals surface area contributed by atoms with Gasteiger partial charge in [0.1, 0.15) is 11.5 Å². The predicted octanol–water partition coefficient (Wildman–Crippen LogP) is 2.88. The van der Waals surface area contributed by atoms with Crippen molar-refractivity contribution >= 4 is 11.9 Å². The summed E-state index contributed by atoms with van der Waals surface area (Å²) in [6.45, 7) is 4.74. The second-order valence-corrected chi connectivity index (χ2v) is 6.20. The van der Waals surface area contributed by atoms with Crippen molar-refractivity contribution in [1.82, 2.24) is 4.90 Å². The lowest BCUT2D eigenvalue weighted by molar-refractivity contribution is -0.141. The summed E-state index contributed by atoms with van der Waals surface area (Å²) in [5.74, 6) is 0.186. The van der Waals surface area contributed by atoms with Crippen LogP contribution in [-0.2, 0) is 9.53 Å². The molecule has 0 saturated carbocycles. The van der Waals surface area contributed by atoms with Gasteiger partial charge in [-0.25, -0.2) is 0 Å². The molecule has 1 saturated heterocycles. The molecule has 132 valence electrons. The Morgan fingerprint density at radius 3 is 2.64 bits per heavy atom. The molecular formula is C19H21NO5. The Balaban J connectivity index is 1.91. The summed E-state index contributed by atoms with van der Waals surface area (Å²) >= 11 is 0. The second-order valence-electron chi connectivity index (χ2n) is 6.20. The fourth-order valence-electron chi connectivity index (χ4n) is 3.06. The van der Waals surface area contributed by atoms with Gasteiger partial charge in [-0.2, -0.15) is 0 Å². The van der Waals surface area contributed by atoms with Crippen LogP contribution in [0.2, 0.25) is 0 Å². The van der Waals surface area contributed by atoms with Crippen molar-refractivity contribution in [3.8, 4) is 11.3 Å². The predicted molar refractivity (Wildman–Crippen MR) is 91.5 cm³/mol. The molecular weight excluding hydrogens is 322 g/mol. The van der Waals surface area contributed by atoms with Gasteiger partial charge >= 0.3 is 5.97 Å². The summed E-state index contributed by atoms with van der Waals surface area (Å²) in [5.41, 5.74) is 2.20. The molecule has 25 heavy (non-hydrogen) atoms. The Morgan fingerprint density at radius 2 is 1.96 bits per heavy atom. The van der Waals surface area contributed by atoms with Crippen molar-refractivity contribution in [2.24, 2.45) is 0 Å². The maximum absolute atomic E-state index is 13.1. The van der Waals surface area contributed by atoms with Crippen LogP contribution < -0.4 is 0 Å². The molecule has 0 bridgehead atoms. The van der Waals surface area contributed by atoms with Crippen LogP contribution in [0.1, 0.15) is 28.1 Å². The molecule has 1 unspecified atom stereocenters. The molecule has 2 aromatic rings. The number of amides is 1. The summed E-state index contributed by atoms with van der Waals surface area (Å²) in [6, 6.07) is 9.51. The molecule has 1 aliphatic heterocycles. The maximum atomic E-state index is 13.1. The summed E-state index contributed by atoms with van der Waals surface area (Å²) in [6.07, 6.45) is -0.595. The van der Waals surface area contributed by atoms with Gasteiger partial charge in [-0.05, 0) is 13.8 Å². The number of ether oxygens (including phenoxy) is 1. The van der Waals surface area contributed by atoms with Gasteiger partial charge in [-0.3, -0.25) is 9.59 Å². The minimum Gasteiger partial charge on any atom is -0.481 e. The number of aryl methyl sites for hydroxylation is 1. The molecule has 6 heteroatoms.